The van der Waals surface area contributed by atoms with Gasteiger partial charge >= 0.3 is 0 Å². The molecule has 6 heteroatoms. The molecule has 0 radical (unpaired) electrons. The predicted molar refractivity (Wildman–Crippen MR) is 88.3 cm³/mol. The van der Waals surface area contributed by atoms with Gasteiger partial charge in [-0.15, -0.1) is 0 Å². The van der Waals surface area contributed by atoms with E-state index in [1.165, 1.54) is 0 Å². The highest BCUT2D eigenvalue weighted by Crippen LogP contribution is 2.14. The number of nitrogens with zero attached hydrogens (tertiary/aromatic N) is 4. The lowest BCUT2D eigenvalue weighted by molar-refractivity contribution is 0.0992. The second kappa shape index (κ2) is 7.51. The van der Waals surface area contributed by atoms with Gasteiger partial charge in [0.2, 0.25) is 5.95 Å². The first-order valence-electron chi connectivity index (χ1n) is 7.11. The number of rotatable bonds is 6. The number of benzene rings is 1. The van der Waals surface area contributed by atoms with Crippen LogP contribution in [0.25, 0.3) is 0 Å². The number of carbonyl (C=O) groups is 1. The van der Waals surface area contributed by atoms with E-state index in [1.54, 1.807) is 24.3 Å². The quantitative estimate of drug-likeness (QED) is 0.880. The monoisotopic (exact) mass is 299 g/mol. The first kappa shape index (κ1) is 15.9. The second-order valence-corrected chi connectivity index (χ2v) is 5.23. The fourth-order valence-electron chi connectivity index (χ4n) is 1.88. The fraction of sp³-hybridized carbons (Fsp3) is 0.312. The number of likely N-dealkylation sites (N-methyl/N-ethyl adjacent to an activating group) is 1. The average Bonchev–Trinajstić information content (AvgIpc) is 2.54. The van der Waals surface area contributed by atoms with Crippen molar-refractivity contribution >= 4 is 17.5 Å². The number of carbonyl (C=O) groups excluding carboxylic acids is 1. The Morgan fingerprint density at radius 2 is 1.73 bits per heavy atom. The number of hydrogen-bond acceptors (Lipinski definition) is 5. The van der Waals surface area contributed by atoms with Crippen LogP contribution in [0.3, 0.4) is 0 Å². The molecule has 22 heavy (non-hydrogen) atoms. The van der Waals surface area contributed by atoms with Gasteiger partial charge in [-0.25, -0.2) is 9.97 Å². The molecular weight excluding hydrogens is 278 g/mol. The highest BCUT2D eigenvalue weighted by atomic mass is 16.2. The van der Waals surface area contributed by atoms with E-state index in [9.17, 15) is 4.79 Å². The molecule has 6 nitrogen and oxygen atoms in total. The van der Waals surface area contributed by atoms with Crippen LogP contribution in [0.5, 0.6) is 0 Å². The Morgan fingerprint density at radius 3 is 2.32 bits per heavy atom. The van der Waals surface area contributed by atoms with E-state index in [-0.39, 0.29) is 5.91 Å². The van der Waals surface area contributed by atoms with Crippen molar-refractivity contribution in [1.29, 1.82) is 0 Å². The first-order valence-corrected chi connectivity index (χ1v) is 7.11. The summed E-state index contributed by atoms with van der Waals surface area (Å²) in [5, 5.41) is 3.11. The maximum atomic E-state index is 12.4. The van der Waals surface area contributed by atoms with Gasteiger partial charge in [0.15, 0.2) is 0 Å². The van der Waals surface area contributed by atoms with Crippen molar-refractivity contribution in [3.05, 3.63) is 48.3 Å². The van der Waals surface area contributed by atoms with Crippen LogP contribution < -0.4 is 10.2 Å². The Kier molecular flexibility index (Phi) is 5.43. The number of anilines is 2. The standard InChI is InChI=1S/C16H21N5O/c1-20(2)10-9-17-16-18-11-13(12-19-16)15(22)21(3)14-7-5-4-6-8-14/h4-8,11-12H,9-10H2,1-3H3,(H,17,18,19). The summed E-state index contributed by atoms with van der Waals surface area (Å²) in [5.41, 5.74) is 1.30. The van der Waals surface area contributed by atoms with Gasteiger partial charge < -0.3 is 15.1 Å². The van der Waals surface area contributed by atoms with E-state index in [1.807, 2.05) is 44.4 Å². The third-order valence-electron chi connectivity index (χ3n) is 3.19. The Labute approximate surface area is 130 Å². The molecule has 0 aliphatic heterocycles. The fourth-order valence-corrected chi connectivity index (χ4v) is 1.88. The average molecular weight is 299 g/mol. The second-order valence-electron chi connectivity index (χ2n) is 5.23. The molecule has 1 aromatic carbocycles. The van der Waals surface area contributed by atoms with Crippen molar-refractivity contribution in [2.75, 3.05) is 44.4 Å². The Hall–Kier alpha value is -2.47. The lowest BCUT2D eigenvalue weighted by Crippen LogP contribution is -2.26. The molecule has 116 valence electrons. The zero-order chi connectivity index (χ0) is 15.9. The maximum Gasteiger partial charge on any atom is 0.261 e. The zero-order valence-corrected chi connectivity index (χ0v) is 13.2. The molecule has 0 fully saturated rings. The van der Waals surface area contributed by atoms with Crippen molar-refractivity contribution in [3.8, 4) is 0 Å². The largest absolute Gasteiger partial charge is 0.353 e. The molecule has 1 N–H and O–H groups in total. The normalized spacial score (nSPS) is 10.5. The lowest BCUT2D eigenvalue weighted by atomic mass is 10.2. The van der Waals surface area contributed by atoms with Crippen molar-refractivity contribution in [2.45, 2.75) is 0 Å². The number of amides is 1. The van der Waals surface area contributed by atoms with Gasteiger partial charge in [0, 0.05) is 38.2 Å². The minimum absolute atomic E-state index is 0.133. The minimum Gasteiger partial charge on any atom is -0.353 e. The summed E-state index contributed by atoms with van der Waals surface area (Å²) in [4.78, 5) is 24.4. The van der Waals surface area contributed by atoms with E-state index in [4.69, 9.17) is 0 Å². The van der Waals surface area contributed by atoms with Crippen molar-refractivity contribution in [3.63, 3.8) is 0 Å². The number of para-hydroxylation sites is 1. The van der Waals surface area contributed by atoms with E-state index >= 15 is 0 Å². The van der Waals surface area contributed by atoms with Crippen LogP contribution in [0.15, 0.2) is 42.7 Å². The van der Waals surface area contributed by atoms with Crippen LogP contribution in [-0.4, -0.2) is 55.0 Å². The molecule has 1 heterocycles. The molecule has 0 saturated carbocycles. The summed E-state index contributed by atoms with van der Waals surface area (Å²) in [6.07, 6.45) is 3.10. The summed E-state index contributed by atoms with van der Waals surface area (Å²) >= 11 is 0. The van der Waals surface area contributed by atoms with Crippen molar-refractivity contribution in [1.82, 2.24) is 14.9 Å². The van der Waals surface area contributed by atoms with Gasteiger partial charge in [0.05, 0.1) is 5.56 Å². The lowest BCUT2D eigenvalue weighted by Gasteiger charge is -2.17. The SMILES string of the molecule is CN(C)CCNc1ncc(C(=O)N(C)c2ccccc2)cn1. The molecule has 2 rings (SSSR count). The van der Waals surface area contributed by atoms with Gasteiger partial charge in [-0.2, -0.15) is 0 Å². The van der Waals surface area contributed by atoms with Crippen LogP contribution in [0, 0.1) is 0 Å². The Balaban J connectivity index is 1.99. The summed E-state index contributed by atoms with van der Waals surface area (Å²) in [6, 6.07) is 9.48. The van der Waals surface area contributed by atoms with Crippen molar-refractivity contribution in [2.24, 2.45) is 0 Å². The Bertz CT molecular complexity index is 598. The molecule has 0 aliphatic carbocycles. The molecule has 0 atom stereocenters. The Morgan fingerprint density at radius 1 is 1.09 bits per heavy atom. The first-order chi connectivity index (χ1) is 10.6. The summed E-state index contributed by atoms with van der Waals surface area (Å²) in [7, 11) is 5.74. The number of aromatic nitrogens is 2. The smallest absolute Gasteiger partial charge is 0.261 e. The van der Waals surface area contributed by atoms with Crippen LogP contribution in [-0.2, 0) is 0 Å². The molecule has 2 aromatic rings. The molecule has 0 bridgehead atoms. The zero-order valence-electron chi connectivity index (χ0n) is 13.2. The van der Waals surface area contributed by atoms with Crippen molar-refractivity contribution < 1.29 is 4.79 Å². The number of hydrogen-bond donors (Lipinski definition) is 1. The van der Waals surface area contributed by atoms with Crippen LogP contribution in [0.4, 0.5) is 11.6 Å². The van der Waals surface area contributed by atoms with Crippen LogP contribution in [0.2, 0.25) is 0 Å². The topological polar surface area (TPSA) is 61.4 Å². The van der Waals surface area contributed by atoms with Gasteiger partial charge in [-0.1, -0.05) is 18.2 Å². The summed E-state index contributed by atoms with van der Waals surface area (Å²) < 4.78 is 0. The van der Waals surface area contributed by atoms with Gasteiger partial charge in [-0.3, -0.25) is 4.79 Å². The molecular formula is C16H21N5O. The molecule has 0 unspecified atom stereocenters. The molecule has 0 aliphatic rings. The summed E-state index contributed by atoms with van der Waals surface area (Å²) in [5.74, 6) is 0.395. The van der Waals surface area contributed by atoms with Gasteiger partial charge in [0.1, 0.15) is 0 Å². The highest BCUT2D eigenvalue weighted by molar-refractivity contribution is 6.05. The minimum atomic E-state index is -0.133. The molecule has 1 aromatic heterocycles. The van der Waals surface area contributed by atoms with Crippen LogP contribution >= 0.6 is 0 Å². The maximum absolute atomic E-state index is 12.4. The molecule has 0 spiro atoms. The number of nitrogens with one attached hydrogen (secondary N) is 1. The van der Waals surface area contributed by atoms with Gasteiger partial charge in [0.25, 0.3) is 5.91 Å². The third kappa shape index (κ3) is 4.26. The summed E-state index contributed by atoms with van der Waals surface area (Å²) in [6.45, 7) is 1.64. The third-order valence-corrected chi connectivity index (χ3v) is 3.19. The van der Waals surface area contributed by atoms with E-state index < -0.39 is 0 Å². The predicted octanol–water partition coefficient (Wildman–Crippen LogP) is 1.73. The van der Waals surface area contributed by atoms with Crippen LogP contribution in [0.1, 0.15) is 10.4 Å². The van der Waals surface area contributed by atoms with E-state index in [0.717, 1.165) is 18.8 Å². The van der Waals surface area contributed by atoms with Gasteiger partial charge in [-0.05, 0) is 26.2 Å². The van der Waals surface area contributed by atoms with E-state index in [2.05, 4.69) is 20.2 Å². The highest BCUT2D eigenvalue weighted by Gasteiger charge is 2.14. The molecule has 0 saturated heterocycles. The molecule has 1 amide bonds. The van der Waals surface area contributed by atoms with E-state index in [0.29, 0.717) is 11.5 Å².